The van der Waals surface area contributed by atoms with Crippen LogP contribution in [0.25, 0.3) is 32.1 Å². The monoisotopic (exact) mass is 764 g/mol. The van der Waals surface area contributed by atoms with Gasteiger partial charge in [0, 0.05) is 55.5 Å². The van der Waals surface area contributed by atoms with Crippen LogP contribution < -0.4 is 25.4 Å². The molecule has 6 aliphatic rings. The van der Waals surface area contributed by atoms with E-state index in [1.54, 1.807) is 0 Å². The van der Waals surface area contributed by atoms with Crippen molar-refractivity contribution in [2.24, 2.45) is 5.92 Å². The Labute approximate surface area is 311 Å². The van der Waals surface area contributed by atoms with Gasteiger partial charge in [0.1, 0.15) is 47.1 Å². The van der Waals surface area contributed by atoms with Crippen LogP contribution >= 0.6 is 22.9 Å². The Morgan fingerprint density at radius 1 is 1.25 bits per heavy atom. The number of nitrogens with one attached hydrogen (secondary N) is 1. The summed E-state index contributed by atoms with van der Waals surface area (Å²) < 4.78 is 60.7. The fourth-order valence-corrected chi connectivity index (χ4v) is 10.7. The number of nitrogens with two attached hydrogens (primary N) is 1. The summed E-state index contributed by atoms with van der Waals surface area (Å²) in [6.07, 6.45) is 2.33. The third-order valence-corrected chi connectivity index (χ3v) is 13.6. The first kappa shape index (κ1) is 33.5. The molecule has 1 saturated carbocycles. The molecule has 4 saturated heterocycles. The lowest BCUT2D eigenvalue weighted by atomic mass is 9.93. The van der Waals surface area contributed by atoms with Gasteiger partial charge in [0.25, 0.3) is 0 Å². The molecule has 10 rings (SSSR count). The summed E-state index contributed by atoms with van der Waals surface area (Å²) in [7, 11) is 0. The van der Waals surface area contributed by atoms with Crippen molar-refractivity contribution in [1.82, 2.24) is 25.1 Å². The van der Waals surface area contributed by atoms with Gasteiger partial charge in [-0.05, 0) is 50.8 Å². The predicted molar refractivity (Wildman–Crippen MR) is 194 cm³/mol. The number of hydrogen-bond donors (Lipinski definition) is 2. The summed E-state index contributed by atoms with van der Waals surface area (Å²) in [6.45, 7) is 4.71. The van der Waals surface area contributed by atoms with Crippen LogP contribution in [0.2, 0.25) is 5.02 Å². The maximum atomic E-state index is 17.6. The van der Waals surface area contributed by atoms with E-state index in [1.807, 2.05) is 11.8 Å². The summed E-state index contributed by atoms with van der Waals surface area (Å²) in [4.78, 5) is 29.3. The molecule has 3 N–H and O–H groups in total. The normalized spacial score (nSPS) is 29.2. The second kappa shape index (κ2) is 11.9. The Hall–Kier alpha value is -4.10. The fraction of sp³-hybridized carbons (Fsp3) is 0.514. The molecule has 11 nitrogen and oxygen atoms in total. The zero-order chi connectivity index (χ0) is 36.5. The number of anilines is 2. The number of hydrogen-bond acceptors (Lipinski definition) is 11. The number of benzene rings is 2. The number of rotatable bonds is 6. The molecular formula is C37H36ClF3N8O3S. The van der Waals surface area contributed by atoms with E-state index < -0.39 is 29.4 Å². The van der Waals surface area contributed by atoms with Gasteiger partial charge in [-0.2, -0.15) is 15.2 Å². The van der Waals surface area contributed by atoms with Crippen molar-refractivity contribution in [2.45, 2.75) is 75.0 Å². The average Bonchev–Trinajstić information content (AvgIpc) is 4.01. The summed E-state index contributed by atoms with van der Waals surface area (Å²) in [5, 5.41) is 13.6. The summed E-state index contributed by atoms with van der Waals surface area (Å²) in [5.41, 5.74) is 5.62. The third-order valence-electron chi connectivity index (χ3n) is 12.2. The van der Waals surface area contributed by atoms with Gasteiger partial charge in [0.2, 0.25) is 5.91 Å². The van der Waals surface area contributed by atoms with Gasteiger partial charge in [0.05, 0.1) is 38.3 Å². The van der Waals surface area contributed by atoms with Crippen molar-refractivity contribution in [2.75, 3.05) is 50.0 Å². The summed E-state index contributed by atoms with van der Waals surface area (Å²) in [6, 6.07) is 4.24. The van der Waals surface area contributed by atoms with Crippen molar-refractivity contribution >= 4 is 60.7 Å². The Bertz CT molecular complexity index is 2280. The number of ether oxygens (including phenoxy) is 2. The molecule has 7 heterocycles. The van der Waals surface area contributed by atoms with E-state index in [4.69, 9.17) is 36.8 Å². The highest BCUT2D eigenvalue weighted by Gasteiger charge is 2.52. The van der Waals surface area contributed by atoms with Gasteiger partial charge in [-0.1, -0.05) is 17.7 Å². The summed E-state index contributed by atoms with van der Waals surface area (Å²) in [5.74, 6) is -0.993. The number of nitrogens with zero attached hydrogens (tertiary/aromatic N) is 6. The minimum Gasteiger partial charge on any atom is -0.488 e. The number of fused-ring (bicyclic) bond motifs is 3. The Kier molecular flexibility index (Phi) is 7.55. The molecular weight excluding hydrogens is 729 g/mol. The molecule has 5 aliphatic heterocycles. The molecule has 5 fully saturated rings. The number of amides is 1. The predicted octanol–water partition coefficient (Wildman–Crippen LogP) is 5.40. The molecule has 4 aromatic rings. The molecule has 6 atom stereocenters. The van der Waals surface area contributed by atoms with Gasteiger partial charge < -0.3 is 30.3 Å². The number of carbonyl (C=O) groups is 1. The van der Waals surface area contributed by atoms with Gasteiger partial charge in [-0.15, -0.1) is 11.3 Å². The van der Waals surface area contributed by atoms with Crippen LogP contribution in [0, 0.1) is 28.9 Å². The zero-order valence-electron chi connectivity index (χ0n) is 28.8. The van der Waals surface area contributed by atoms with E-state index in [-0.39, 0.29) is 96.0 Å². The standard InChI is InChI=1S/C37H36ClF3N8O3S/c1-16-21-13-47(35(50)23-11-44-23)14-24(21)49(18-3-4-18)34-27-30(45-36(46-34)51-15-37-7-2-8-48(37)12-17(39)9-37)29(41)26(28(38)31(27)52-16)19-5-6-22(40)32-25(19)20(10-42)33(43)53-32/h5-6,16-18,21,23-24,44H,2-4,7-9,11-15,43H2,1H3/t16?,17-,21?,23?,24?,37+/m1/s1. The summed E-state index contributed by atoms with van der Waals surface area (Å²) >= 11 is 8.16. The molecule has 16 heteroatoms. The maximum Gasteiger partial charge on any atom is 0.319 e. The Morgan fingerprint density at radius 3 is 2.81 bits per heavy atom. The Morgan fingerprint density at radius 2 is 2.06 bits per heavy atom. The SMILES string of the molecule is CC1Oc2c(Cl)c(-c3ccc(F)c4sc(N)c(C#N)c34)c(F)c3nc(OC[C@@]45CCCN4C[C@H](F)C5)nc(c23)N(C2CC2)C2CN(C(=O)C3CN3)CC12. The smallest absolute Gasteiger partial charge is 0.319 e. The highest BCUT2D eigenvalue weighted by molar-refractivity contribution is 7.23. The highest BCUT2D eigenvalue weighted by atomic mass is 35.5. The molecule has 1 amide bonds. The maximum absolute atomic E-state index is 17.6. The van der Waals surface area contributed by atoms with Crippen LogP contribution in [-0.2, 0) is 4.79 Å². The van der Waals surface area contributed by atoms with Gasteiger partial charge in [-0.25, -0.2) is 13.2 Å². The number of nitrogen functional groups attached to an aromatic ring is 1. The van der Waals surface area contributed by atoms with Crippen LogP contribution in [0.3, 0.4) is 0 Å². The fourth-order valence-electron chi connectivity index (χ4n) is 9.42. The molecule has 2 aromatic heterocycles. The molecule has 0 radical (unpaired) electrons. The number of halogens is 4. The zero-order valence-corrected chi connectivity index (χ0v) is 30.4. The molecule has 276 valence electrons. The van der Waals surface area contributed by atoms with E-state index >= 15 is 8.78 Å². The van der Waals surface area contributed by atoms with Crippen LogP contribution in [-0.4, -0.2) is 101 Å². The Balaban J connectivity index is 1.19. The molecule has 4 unspecified atom stereocenters. The number of thiophene rings is 1. The number of aromatic nitrogens is 2. The first-order valence-electron chi connectivity index (χ1n) is 18.2. The van der Waals surface area contributed by atoms with Crippen LogP contribution in [0.15, 0.2) is 12.1 Å². The van der Waals surface area contributed by atoms with Crippen molar-refractivity contribution in [3.63, 3.8) is 0 Å². The molecule has 0 spiro atoms. The van der Waals surface area contributed by atoms with Gasteiger partial charge in [-0.3, -0.25) is 9.69 Å². The van der Waals surface area contributed by atoms with Gasteiger partial charge >= 0.3 is 6.01 Å². The second-order valence-corrected chi connectivity index (χ2v) is 16.8. The molecule has 53 heavy (non-hydrogen) atoms. The third kappa shape index (κ3) is 5.08. The largest absolute Gasteiger partial charge is 0.488 e. The second-order valence-electron chi connectivity index (χ2n) is 15.4. The average molecular weight is 765 g/mol. The quantitative estimate of drug-likeness (QED) is 0.245. The van der Waals surface area contributed by atoms with Crippen LogP contribution in [0.1, 0.15) is 44.6 Å². The van der Waals surface area contributed by atoms with E-state index in [9.17, 15) is 14.4 Å². The lowest BCUT2D eigenvalue weighted by Crippen LogP contribution is -2.48. The van der Waals surface area contributed by atoms with Crippen molar-refractivity contribution in [3.8, 4) is 29.0 Å². The number of nitriles is 1. The number of likely N-dealkylation sites (tertiary alicyclic amines) is 1. The lowest BCUT2D eigenvalue weighted by molar-refractivity contribution is -0.129. The highest BCUT2D eigenvalue weighted by Crippen LogP contribution is 2.53. The van der Waals surface area contributed by atoms with Crippen molar-refractivity contribution < 1.29 is 27.4 Å². The minimum absolute atomic E-state index is 0.0196. The van der Waals surface area contributed by atoms with Crippen LogP contribution in [0.4, 0.5) is 24.0 Å². The van der Waals surface area contributed by atoms with E-state index in [0.717, 1.165) is 43.6 Å². The molecule has 1 aliphatic carbocycles. The van der Waals surface area contributed by atoms with Crippen molar-refractivity contribution in [3.05, 3.63) is 34.4 Å². The van der Waals surface area contributed by atoms with E-state index in [1.165, 1.54) is 12.1 Å². The lowest BCUT2D eigenvalue weighted by Gasteiger charge is -2.39. The van der Waals surface area contributed by atoms with Gasteiger partial charge in [0.15, 0.2) is 11.6 Å². The first-order chi connectivity index (χ1) is 25.6. The molecule has 0 bridgehead atoms. The minimum atomic E-state index is -0.966. The van der Waals surface area contributed by atoms with Crippen molar-refractivity contribution in [1.29, 1.82) is 5.26 Å². The number of carbonyl (C=O) groups excluding carboxylic acids is 1. The first-order valence-corrected chi connectivity index (χ1v) is 19.4. The topological polar surface area (TPSA) is 143 Å². The van der Waals surface area contributed by atoms with Crippen LogP contribution in [0.5, 0.6) is 11.8 Å². The van der Waals surface area contributed by atoms with E-state index in [2.05, 4.69) is 21.2 Å². The number of alkyl halides is 1. The molecule has 2 aromatic carbocycles. The van der Waals surface area contributed by atoms with E-state index in [0.29, 0.717) is 38.4 Å².